The summed E-state index contributed by atoms with van der Waals surface area (Å²) in [5.74, 6) is -0.779. The molecular weight excluding hydrogens is 524 g/mol. The minimum Gasteiger partial charge on any atom is -0.462 e. The van der Waals surface area contributed by atoms with E-state index in [-0.39, 0.29) is 16.2 Å². The average molecular weight is 544 g/mol. The molecule has 174 valence electrons. The minimum atomic E-state index is -0.536. The van der Waals surface area contributed by atoms with Crippen LogP contribution in [0.2, 0.25) is 5.02 Å². The third-order valence-corrected chi connectivity index (χ3v) is 5.90. The summed E-state index contributed by atoms with van der Waals surface area (Å²) in [6, 6.07) is 15.2. The molecule has 0 bridgehead atoms. The van der Waals surface area contributed by atoms with Crippen molar-refractivity contribution in [3.05, 3.63) is 81.0 Å². The Morgan fingerprint density at radius 3 is 2.76 bits per heavy atom. The number of carbonyl (C=O) groups excluding carboxylic acids is 3. The van der Waals surface area contributed by atoms with E-state index in [0.717, 1.165) is 17.3 Å². The Labute approximate surface area is 209 Å². The van der Waals surface area contributed by atoms with Gasteiger partial charge in [-0.05, 0) is 61.0 Å². The van der Waals surface area contributed by atoms with E-state index in [9.17, 15) is 14.4 Å². The highest BCUT2D eigenvalue weighted by Gasteiger charge is 2.34. The van der Waals surface area contributed by atoms with Crippen LogP contribution in [0.4, 0.5) is 5.69 Å². The molecular formula is C25H20BrClN2O5. The first-order chi connectivity index (χ1) is 16.4. The third kappa shape index (κ3) is 5.08. The number of nitrogens with zero attached hydrogens (tertiary/aromatic N) is 1. The number of carbonyl (C=O) groups is 3. The minimum absolute atomic E-state index is 0.0582. The van der Waals surface area contributed by atoms with Gasteiger partial charge in [0.25, 0.3) is 11.8 Å². The molecule has 0 spiro atoms. The van der Waals surface area contributed by atoms with Crippen LogP contribution < -0.4 is 10.4 Å². The number of unbranched alkanes of at least 4 members (excludes halogenated alkanes) is 1. The second-order valence-corrected chi connectivity index (χ2v) is 8.83. The number of furan rings is 1. The van der Waals surface area contributed by atoms with Gasteiger partial charge in [-0.15, -0.1) is 0 Å². The number of benzene rings is 2. The standard InChI is InChI=1S/C25H20BrClN2O5/c1-2-3-11-33-25(32)19-12-15(7-9-21(19)27)22-10-8-18(34-22)14-20-23(30)28-29(24(20)31)17-6-4-5-16(26)13-17/h4-10,12-14H,2-3,11H2,1H3,(H,28,30)/b20-14-. The maximum Gasteiger partial charge on any atom is 0.339 e. The van der Waals surface area contributed by atoms with Crippen LogP contribution in [-0.4, -0.2) is 24.4 Å². The summed E-state index contributed by atoms with van der Waals surface area (Å²) in [6.07, 6.45) is 3.06. The number of esters is 1. The zero-order valence-electron chi connectivity index (χ0n) is 18.1. The molecule has 4 rings (SSSR count). The van der Waals surface area contributed by atoms with Gasteiger partial charge in [-0.1, -0.05) is 46.9 Å². The predicted octanol–water partition coefficient (Wildman–Crippen LogP) is 5.78. The van der Waals surface area contributed by atoms with Gasteiger partial charge < -0.3 is 9.15 Å². The van der Waals surface area contributed by atoms with Crippen molar-refractivity contribution in [3.8, 4) is 11.3 Å². The smallest absolute Gasteiger partial charge is 0.339 e. The lowest BCUT2D eigenvalue weighted by atomic mass is 10.1. The molecule has 0 saturated carbocycles. The Bertz CT molecular complexity index is 1300. The number of rotatable bonds is 7. The van der Waals surface area contributed by atoms with E-state index in [4.69, 9.17) is 20.8 Å². The van der Waals surface area contributed by atoms with Crippen molar-refractivity contribution < 1.29 is 23.5 Å². The molecule has 2 amide bonds. The lowest BCUT2D eigenvalue weighted by molar-refractivity contribution is -0.117. The molecule has 1 aromatic heterocycles. The number of ether oxygens (including phenoxy) is 1. The molecule has 1 saturated heterocycles. The maximum atomic E-state index is 12.8. The topological polar surface area (TPSA) is 88.9 Å². The van der Waals surface area contributed by atoms with E-state index in [2.05, 4.69) is 21.4 Å². The fraction of sp³-hybridized carbons (Fsp3) is 0.160. The molecule has 0 atom stereocenters. The molecule has 34 heavy (non-hydrogen) atoms. The summed E-state index contributed by atoms with van der Waals surface area (Å²) < 4.78 is 11.9. The van der Waals surface area contributed by atoms with Crippen molar-refractivity contribution in [2.75, 3.05) is 11.6 Å². The Morgan fingerprint density at radius 1 is 1.18 bits per heavy atom. The Morgan fingerprint density at radius 2 is 2.00 bits per heavy atom. The molecule has 0 unspecified atom stereocenters. The third-order valence-electron chi connectivity index (χ3n) is 5.07. The van der Waals surface area contributed by atoms with Crippen molar-refractivity contribution in [2.24, 2.45) is 0 Å². The van der Waals surface area contributed by atoms with Crippen molar-refractivity contribution in [3.63, 3.8) is 0 Å². The largest absolute Gasteiger partial charge is 0.462 e. The summed E-state index contributed by atoms with van der Waals surface area (Å²) >= 11 is 9.54. The van der Waals surface area contributed by atoms with E-state index < -0.39 is 17.8 Å². The van der Waals surface area contributed by atoms with E-state index >= 15 is 0 Å². The van der Waals surface area contributed by atoms with Crippen LogP contribution in [-0.2, 0) is 14.3 Å². The lowest BCUT2D eigenvalue weighted by Gasteiger charge is -2.14. The van der Waals surface area contributed by atoms with Crippen LogP contribution in [0.5, 0.6) is 0 Å². The van der Waals surface area contributed by atoms with Crippen molar-refractivity contribution in [1.29, 1.82) is 0 Å². The summed E-state index contributed by atoms with van der Waals surface area (Å²) in [5, 5.41) is 1.46. The average Bonchev–Trinajstić information content (AvgIpc) is 3.40. The van der Waals surface area contributed by atoms with Crippen LogP contribution in [0.3, 0.4) is 0 Å². The van der Waals surface area contributed by atoms with Gasteiger partial charge in [-0.3, -0.25) is 15.0 Å². The maximum absolute atomic E-state index is 12.8. The van der Waals surface area contributed by atoms with Gasteiger partial charge in [-0.25, -0.2) is 9.80 Å². The lowest BCUT2D eigenvalue weighted by Crippen LogP contribution is -2.35. The molecule has 1 aliphatic heterocycles. The van der Waals surface area contributed by atoms with Gasteiger partial charge in [0.05, 0.1) is 22.9 Å². The molecule has 2 heterocycles. The summed E-state index contributed by atoms with van der Waals surface area (Å²) in [5.41, 5.74) is 3.86. The van der Waals surface area contributed by atoms with Gasteiger partial charge in [0.15, 0.2) is 0 Å². The Hall–Kier alpha value is -3.36. The second kappa shape index (κ2) is 10.3. The number of anilines is 1. The summed E-state index contributed by atoms with van der Waals surface area (Å²) in [4.78, 5) is 37.6. The molecule has 1 fully saturated rings. The molecule has 9 heteroatoms. The van der Waals surface area contributed by atoms with Crippen LogP contribution >= 0.6 is 27.5 Å². The Kier molecular flexibility index (Phi) is 7.19. The quantitative estimate of drug-likeness (QED) is 0.177. The number of nitrogens with one attached hydrogen (secondary N) is 1. The van der Waals surface area contributed by atoms with Gasteiger partial charge in [0, 0.05) is 10.0 Å². The van der Waals surface area contributed by atoms with E-state index in [1.165, 1.54) is 11.1 Å². The fourth-order valence-electron chi connectivity index (χ4n) is 3.30. The van der Waals surface area contributed by atoms with Crippen LogP contribution in [0.15, 0.2) is 69.1 Å². The molecule has 7 nitrogen and oxygen atoms in total. The highest BCUT2D eigenvalue weighted by atomic mass is 79.9. The van der Waals surface area contributed by atoms with Gasteiger partial charge in [-0.2, -0.15) is 0 Å². The van der Waals surface area contributed by atoms with Crippen molar-refractivity contribution in [1.82, 2.24) is 5.43 Å². The molecule has 1 N–H and O–H groups in total. The van der Waals surface area contributed by atoms with E-state index in [0.29, 0.717) is 29.4 Å². The number of halogens is 2. The SMILES string of the molecule is CCCCOC(=O)c1cc(-c2ccc(/C=C3/C(=O)NN(c4cccc(Br)c4)C3=O)o2)ccc1Cl. The van der Waals surface area contributed by atoms with E-state index in [1.54, 1.807) is 48.5 Å². The zero-order chi connectivity index (χ0) is 24.2. The zero-order valence-corrected chi connectivity index (χ0v) is 20.5. The predicted molar refractivity (Wildman–Crippen MR) is 132 cm³/mol. The van der Waals surface area contributed by atoms with Crippen molar-refractivity contribution >= 4 is 57.1 Å². The monoisotopic (exact) mass is 542 g/mol. The van der Waals surface area contributed by atoms with Crippen LogP contribution in [0.25, 0.3) is 17.4 Å². The highest BCUT2D eigenvalue weighted by molar-refractivity contribution is 9.10. The molecule has 3 aromatic rings. The van der Waals surface area contributed by atoms with Crippen molar-refractivity contribution in [2.45, 2.75) is 19.8 Å². The molecule has 1 aliphatic rings. The summed E-state index contributed by atoms with van der Waals surface area (Å²) in [6.45, 7) is 2.33. The molecule has 0 radical (unpaired) electrons. The first kappa shape index (κ1) is 23.8. The van der Waals surface area contributed by atoms with Gasteiger partial charge in [0.1, 0.15) is 17.1 Å². The first-order valence-electron chi connectivity index (χ1n) is 10.6. The van der Waals surface area contributed by atoms with E-state index in [1.807, 2.05) is 13.0 Å². The second-order valence-electron chi connectivity index (χ2n) is 7.51. The van der Waals surface area contributed by atoms with Crippen LogP contribution in [0.1, 0.15) is 35.9 Å². The Balaban J connectivity index is 1.56. The molecule has 0 aliphatic carbocycles. The summed E-state index contributed by atoms with van der Waals surface area (Å²) in [7, 11) is 0. The number of hydrogen-bond acceptors (Lipinski definition) is 5. The first-order valence-corrected chi connectivity index (χ1v) is 11.7. The molecule has 2 aromatic carbocycles. The number of amides is 2. The van der Waals surface area contributed by atoms with Crippen LogP contribution in [0, 0.1) is 0 Å². The van der Waals surface area contributed by atoms with Gasteiger partial charge in [0.2, 0.25) is 0 Å². The highest BCUT2D eigenvalue weighted by Crippen LogP contribution is 2.29. The van der Waals surface area contributed by atoms with Gasteiger partial charge >= 0.3 is 5.97 Å². The fourth-order valence-corrected chi connectivity index (χ4v) is 3.89. The number of hydrazine groups is 1. The normalized spacial score (nSPS) is 14.6. The number of hydrogen-bond donors (Lipinski definition) is 1.